The van der Waals surface area contributed by atoms with E-state index in [-0.39, 0.29) is 41.2 Å². The van der Waals surface area contributed by atoms with Crippen LogP contribution in [0.5, 0.6) is 5.75 Å². The predicted octanol–water partition coefficient (Wildman–Crippen LogP) is 5.02. The molecule has 12 heteroatoms. The molecule has 3 aromatic rings. The maximum absolute atomic E-state index is 15.2. The summed E-state index contributed by atoms with van der Waals surface area (Å²) in [7, 11) is 0.450. The molecule has 0 spiro atoms. The van der Waals surface area contributed by atoms with Gasteiger partial charge in [-0.3, -0.25) is 14.4 Å². The highest BCUT2D eigenvalue weighted by molar-refractivity contribution is 7.87. The van der Waals surface area contributed by atoms with Crippen LogP contribution in [0, 0.1) is 17.3 Å². The van der Waals surface area contributed by atoms with E-state index in [2.05, 4.69) is 32.4 Å². The van der Waals surface area contributed by atoms with E-state index >= 15 is 4.79 Å². The van der Waals surface area contributed by atoms with Crippen molar-refractivity contribution in [2.45, 2.75) is 75.8 Å². The lowest BCUT2D eigenvalue weighted by Crippen LogP contribution is -2.61. The summed E-state index contributed by atoms with van der Waals surface area (Å²) in [5, 5.41) is 1.05. The Balaban J connectivity index is 1.17. The maximum atomic E-state index is 15.2. The number of benzene rings is 2. The Labute approximate surface area is 305 Å². The van der Waals surface area contributed by atoms with Crippen molar-refractivity contribution >= 4 is 38.8 Å². The van der Waals surface area contributed by atoms with E-state index in [0.29, 0.717) is 44.9 Å². The molecule has 4 fully saturated rings. The van der Waals surface area contributed by atoms with Gasteiger partial charge in [-0.2, -0.15) is 12.7 Å². The van der Waals surface area contributed by atoms with Gasteiger partial charge >= 0.3 is 10.2 Å². The second-order valence-electron chi connectivity index (χ2n) is 16.2. The van der Waals surface area contributed by atoms with Crippen LogP contribution in [0.1, 0.15) is 84.7 Å². The van der Waals surface area contributed by atoms with Gasteiger partial charge in [-0.25, -0.2) is 4.72 Å². The zero-order valence-electron chi connectivity index (χ0n) is 30.1. The molecule has 2 aliphatic carbocycles. The van der Waals surface area contributed by atoms with Gasteiger partial charge in [-0.1, -0.05) is 37.5 Å². The minimum absolute atomic E-state index is 0.00499. The molecule has 9 rings (SSSR count). The summed E-state index contributed by atoms with van der Waals surface area (Å²) in [6.07, 6.45) is 12.0. The first kappa shape index (κ1) is 33.7. The third-order valence-electron chi connectivity index (χ3n) is 13.0. The average molecular weight is 726 g/mol. The molecule has 11 nitrogen and oxygen atoms in total. The minimum Gasteiger partial charge on any atom is -0.497 e. The first-order valence-electron chi connectivity index (χ1n) is 18.8. The summed E-state index contributed by atoms with van der Waals surface area (Å²) in [6.45, 7) is 2.43. The van der Waals surface area contributed by atoms with Gasteiger partial charge in [0.25, 0.3) is 5.91 Å². The number of ether oxygens (including phenoxy) is 1. The quantitative estimate of drug-likeness (QED) is 0.357. The number of nitrogens with one attached hydrogen (secondary N) is 1. The number of hydrogen-bond acceptors (Lipinski definition) is 6. The van der Waals surface area contributed by atoms with Gasteiger partial charge in [0.15, 0.2) is 0 Å². The summed E-state index contributed by atoms with van der Waals surface area (Å²) >= 11 is 0. The summed E-state index contributed by atoms with van der Waals surface area (Å²) in [4.78, 5) is 45.6. The lowest BCUT2D eigenvalue weighted by atomic mass is 9.77. The molecule has 2 saturated heterocycles. The highest BCUT2D eigenvalue weighted by atomic mass is 32.2. The van der Waals surface area contributed by atoms with Crippen LogP contribution in [0.4, 0.5) is 0 Å². The van der Waals surface area contributed by atoms with Crippen LogP contribution >= 0.6 is 0 Å². The molecule has 52 heavy (non-hydrogen) atoms. The average Bonchev–Trinajstić information content (AvgIpc) is 3.81. The van der Waals surface area contributed by atoms with Gasteiger partial charge < -0.3 is 19.1 Å². The molecular formula is C40H47N5O6S. The number of fused-ring (bicyclic) bond motifs is 11. The first-order valence-corrected chi connectivity index (χ1v) is 20.3. The molecule has 0 radical (unpaired) electrons. The van der Waals surface area contributed by atoms with Crippen molar-refractivity contribution in [1.82, 2.24) is 23.4 Å². The van der Waals surface area contributed by atoms with Crippen LogP contribution < -0.4 is 9.46 Å². The van der Waals surface area contributed by atoms with Gasteiger partial charge in [0, 0.05) is 80.6 Å². The molecule has 2 bridgehead atoms. The van der Waals surface area contributed by atoms with Crippen LogP contribution in [0.2, 0.25) is 0 Å². The molecule has 4 aliphatic heterocycles. The number of methoxy groups -OCH3 is 1. The molecule has 3 amide bonds. The van der Waals surface area contributed by atoms with Crippen molar-refractivity contribution in [3.63, 3.8) is 0 Å². The fourth-order valence-corrected chi connectivity index (χ4v) is 10.9. The lowest BCUT2D eigenvalue weighted by Gasteiger charge is -2.51. The molecule has 1 aromatic heterocycles. The molecule has 6 aliphatic rings. The number of carbonyl (C=O) groups is 3. The van der Waals surface area contributed by atoms with Crippen molar-refractivity contribution in [3.05, 3.63) is 65.2 Å². The van der Waals surface area contributed by atoms with Crippen molar-refractivity contribution in [2.24, 2.45) is 17.3 Å². The van der Waals surface area contributed by atoms with Crippen LogP contribution in [0.25, 0.3) is 22.2 Å². The van der Waals surface area contributed by atoms with Gasteiger partial charge in [-0.05, 0) is 79.0 Å². The SMILES string of the molecule is COc1ccc2c(c1)C1CC1(C(=O)N1CC3CC(C1)C1C=CCC(=O)N1C3)Cn1c-2c(C2CCCCC2)c2ccc(C(=O)NS(=O)(=O)N(C)C)cc21. The summed E-state index contributed by atoms with van der Waals surface area (Å²) in [5.74, 6) is 1.22. The Hall–Kier alpha value is -4.16. The molecule has 1 N–H and O–H groups in total. The standard InChI is InChI=1S/C40H47N5O6S/c1-42(2)52(49,50)41-38(47)26-12-14-30-34(17-26)45-23-40(39(48)43-20-24-16-27(22-43)33-10-7-11-35(46)44(33)21-24)19-32(40)31-18-28(51-3)13-15-29(31)37(45)36(30)25-8-5-4-6-9-25/h7,10,12-15,17-18,24-25,27,32-33H,4-6,8-9,11,16,19-23H2,1-3H3,(H,41,47). The van der Waals surface area contributed by atoms with E-state index < -0.39 is 21.5 Å². The summed E-state index contributed by atoms with van der Waals surface area (Å²) in [5.41, 5.74) is 5.03. The topological polar surface area (TPSA) is 121 Å². The molecule has 2 saturated carbocycles. The Bertz CT molecular complexity index is 2150. The van der Waals surface area contributed by atoms with Gasteiger partial charge in [-0.15, -0.1) is 0 Å². The molecule has 5 unspecified atom stereocenters. The van der Waals surface area contributed by atoms with Crippen LogP contribution in [-0.2, 0) is 26.3 Å². The maximum Gasteiger partial charge on any atom is 0.303 e. The summed E-state index contributed by atoms with van der Waals surface area (Å²) in [6, 6.07) is 11.8. The number of nitrogens with zero attached hydrogens (tertiary/aromatic N) is 4. The van der Waals surface area contributed by atoms with Gasteiger partial charge in [0.1, 0.15) is 5.75 Å². The first-order chi connectivity index (χ1) is 25.0. The number of hydrogen-bond donors (Lipinski definition) is 1. The largest absolute Gasteiger partial charge is 0.497 e. The van der Waals surface area contributed by atoms with Crippen LogP contribution in [0.15, 0.2) is 48.6 Å². The molecule has 2 aromatic carbocycles. The highest BCUT2D eigenvalue weighted by Gasteiger charge is 2.64. The number of carbonyl (C=O) groups excluding carboxylic acids is 3. The zero-order valence-corrected chi connectivity index (χ0v) is 31.0. The van der Waals surface area contributed by atoms with Crippen molar-refractivity contribution in [1.29, 1.82) is 0 Å². The zero-order chi connectivity index (χ0) is 36.1. The minimum atomic E-state index is -3.99. The van der Waals surface area contributed by atoms with Gasteiger partial charge in [0.2, 0.25) is 11.8 Å². The molecule has 5 heterocycles. The second kappa shape index (κ2) is 12.2. The Morgan fingerprint density at radius 2 is 1.83 bits per heavy atom. The third-order valence-corrected chi connectivity index (χ3v) is 14.4. The molecule has 5 atom stereocenters. The molecular weight excluding hydrogens is 679 g/mol. The molecule has 274 valence electrons. The number of amides is 3. The van der Waals surface area contributed by atoms with E-state index in [4.69, 9.17) is 4.74 Å². The van der Waals surface area contributed by atoms with Crippen molar-refractivity contribution < 1.29 is 27.5 Å². The lowest BCUT2D eigenvalue weighted by molar-refractivity contribution is -0.147. The van der Waals surface area contributed by atoms with Crippen molar-refractivity contribution in [3.8, 4) is 17.0 Å². The van der Waals surface area contributed by atoms with Crippen LogP contribution in [0.3, 0.4) is 0 Å². The predicted molar refractivity (Wildman–Crippen MR) is 197 cm³/mol. The normalized spacial score (nSPS) is 28.1. The fourth-order valence-electron chi connectivity index (χ4n) is 10.4. The smallest absolute Gasteiger partial charge is 0.303 e. The second-order valence-corrected chi connectivity index (χ2v) is 18.1. The number of rotatable bonds is 6. The van der Waals surface area contributed by atoms with E-state index in [1.807, 2.05) is 29.2 Å². The number of piperidine rings is 2. The van der Waals surface area contributed by atoms with E-state index in [0.717, 1.165) is 69.9 Å². The Morgan fingerprint density at radius 1 is 1.02 bits per heavy atom. The van der Waals surface area contributed by atoms with Crippen molar-refractivity contribution in [2.75, 3.05) is 40.8 Å². The van der Waals surface area contributed by atoms with E-state index in [1.54, 1.807) is 13.2 Å². The fraction of sp³-hybridized carbons (Fsp3) is 0.525. The Morgan fingerprint density at radius 3 is 2.60 bits per heavy atom. The van der Waals surface area contributed by atoms with E-state index in [1.165, 1.54) is 26.1 Å². The number of aromatic nitrogens is 1. The van der Waals surface area contributed by atoms with Crippen LogP contribution in [-0.4, -0.2) is 91.7 Å². The number of likely N-dealkylation sites (tertiary alicyclic amines) is 1. The Kier molecular flexibility index (Phi) is 7.89. The van der Waals surface area contributed by atoms with Gasteiger partial charge in [0.05, 0.1) is 24.3 Å². The third kappa shape index (κ3) is 5.22. The van der Waals surface area contributed by atoms with E-state index in [9.17, 15) is 18.0 Å². The highest BCUT2D eigenvalue weighted by Crippen LogP contribution is 2.66. The monoisotopic (exact) mass is 725 g/mol. The summed E-state index contributed by atoms with van der Waals surface area (Å²) < 4.78 is 36.5.